The van der Waals surface area contributed by atoms with E-state index in [-0.39, 0.29) is 51.3 Å². The summed E-state index contributed by atoms with van der Waals surface area (Å²) < 4.78 is 27.1. The number of carbonyl (C=O) groups is 6. The number of carbonyl (C=O) groups excluding carboxylic acids is 6. The zero-order valence-electron chi connectivity index (χ0n) is 27.8. The molecule has 0 heterocycles. The van der Waals surface area contributed by atoms with E-state index in [4.69, 9.17) is 28.5 Å². The maximum Gasteiger partial charge on any atom is 0.406 e. The van der Waals surface area contributed by atoms with Crippen LogP contribution in [-0.2, 0) is 33.4 Å². The minimum atomic E-state index is -0.748. The molecule has 0 saturated heterocycles. The Morgan fingerprint density at radius 2 is 1.25 bits per heavy atom. The number of alkyl carbamates (subject to hydrolysis) is 4. The maximum absolute atomic E-state index is 12.4. The quantitative estimate of drug-likeness (QED) is 0.0535. The zero-order valence-corrected chi connectivity index (χ0v) is 27.8. The normalized spacial score (nSPS) is 10.7. The second kappa shape index (κ2) is 24.0. The summed E-state index contributed by atoms with van der Waals surface area (Å²) in [4.78, 5) is 76.3. The van der Waals surface area contributed by atoms with Crippen molar-refractivity contribution in [2.24, 2.45) is 17.0 Å². The Labute approximate surface area is 278 Å². The lowest BCUT2D eigenvalue weighted by Gasteiger charge is -2.33. The predicted octanol–water partition coefficient (Wildman–Crippen LogP) is 1.29. The molecule has 1 aromatic rings. The van der Waals surface area contributed by atoms with E-state index in [2.05, 4.69) is 31.7 Å². The van der Waals surface area contributed by atoms with Gasteiger partial charge in [-0.05, 0) is 30.5 Å². The molecule has 5 N–H and O–H groups in total. The van der Waals surface area contributed by atoms with Crippen molar-refractivity contribution in [2.45, 2.75) is 25.7 Å². The molecule has 0 atom stereocenters. The highest BCUT2D eigenvalue weighted by atomic mass is 16.6. The SMILES string of the molecule is CNC(=O)OCC(COC(=O)NC)C(c1cccc(OCC(=O)NCCCCO/N=C/C(C)=O)c1)C(COC(=O)NC)COC(=O)NC. The molecule has 268 valence electrons. The fourth-order valence-electron chi connectivity index (χ4n) is 4.15. The first-order valence-corrected chi connectivity index (χ1v) is 15.1. The van der Waals surface area contributed by atoms with Crippen molar-refractivity contribution < 1.29 is 57.3 Å². The fraction of sp³-hybridized carbons (Fsp3) is 0.567. The van der Waals surface area contributed by atoms with Crippen LogP contribution in [0.3, 0.4) is 0 Å². The van der Waals surface area contributed by atoms with E-state index >= 15 is 0 Å². The van der Waals surface area contributed by atoms with Gasteiger partial charge in [0.05, 0.1) is 26.4 Å². The third kappa shape index (κ3) is 17.4. The molecule has 0 fully saturated rings. The van der Waals surface area contributed by atoms with Crippen LogP contribution in [0.4, 0.5) is 19.2 Å². The van der Waals surface area contributed by atoms with Crippen molar-refractivity contribution in [1.82, 2.24) is 26.6 Å². The Morgan fingerprint density at radius 3 is 1.71 bits per heavy atom. The molecule has 0 aliphatic heterocycles. The molecule has 48 heavy (non-hydrogen) atoms. The molecular weight excluding hydrogens is 636 g/mol. The Hall–Kier alpha value is -5.29. The molecule has 1 aromatic carbocycles. The van der Waals surface area contributed by atoms with E-state index in [9.17, 15) is 28.8 Å². The summed E-state index contributed by atoms with van der Waals surface area (Å²) in [6.07, 6.45) is -0.681. The van der Waals surface area contributed by atoms with Gasteiger partial charge in [-0.15, -0.1) is 0 Å². The van der Waals surface area contributed by atoms with Crippen LogP contribution in [0.1, 0.15) is 31.2 Å². The molecule has 0 aromatic heterocycles. The summed E-state index contributed by atoms with van der Waals surface area (Å²) in [7, 11) is 5.52. The summed E-state index contributed by atoms with van der Waals surface area (Å²) in [6, 6.07) is 6.65. The van der Waals surface area contributed by atoms with Crippen LogP contribution in [0.15, 0.2) is 29.4 Å². The summed E-state index contributed by atoms with van der Waals surface area (Å²) in [6.45, 7) is 0.700. The number of ketones is 1. The molecule has 0 unspecified atom stereocenters. The van der Waals surface area contributed by atoms with Crippen molar-refractivity contribution >= 4 is 42.3 Å². The number of Topliss-reactive ketones (excluding diaryl/α,β-unsaturated/α-hetero) is 1. The van der Waals surface area contributed by atoms with Gasteiger partial charge in [0, 0.05) is 59.4 Å². The Kier molecular flexibility index (Phi) is 20.3. The molecule has 0 aliphatic rings. The number of nitrogens with one attached hydrogen (secondary N) is 5. The molecule has 0 radical (unpaired) electrons. The average molecular weight is 683 g/mol. The van der Waals surface area contributed by atoms with Crippen molar-refractivity contribution in [2.75, 3.05) is 74.4 Å². The maximum atomic E-state index is 12.4. The average Bonchev–Trinajstić information content (AvgIpc) is 3.09. The highest BCUT2D eigenvalue weighted by Gasteiger charge is 2.35. The third-order valence-corrected chi connectivity index (χ3v) is 6.45. The number of unbranched alkanes of at least 4 members (excludes halogenated alkanes) is 1. The van der Waals surface area contributed by atoms with E-state index in [1.807, 2.05) is 0 Å². The van der Waals surface area contributed by atoms with E-state index in [0.717, 1.165) is 6.21 Å². The van der Waals surface area contributed by atoms with Gasteiger partial charge in [-0.3, -0.25) is 9.59 Å². The van der Waals surface area contributed by atoms with E-state index < -0.39 is 42.1 Å². The molecule has 5 amide bonds. The lowest BCUT2D eigenvalue weighted by Crippen LogP contribution is -2.38. The second-order valence-corrected chi connectivity index (χ2v) is 10.0. The predicted molar refractivity (Wildman–Crippen MR) is 171 cm³/mol. The van der Waals surface area contributed by atoms with Crippen molar-refractivity contribution in [1.29, 1.82) is 0 Å². The van der Waals surface area contributed by atoms with Gasteiger partial charge >= 0.3 is 24.4 Å². The number of amides is 5. The smallest absolute Gasteiger partial charge is 0.406 e. The summed E-state index contributed by atoms with van der Waals surface area (Å²) in [5.74, 6) is -2.52. The molecule has 18 heteroatoms. The van der Waals surface area contributed by atoms with Crippen LogP contribution < -0.4 is 31.3 Å². The van der Waals surface area contributed by atoms with Crippen LogP contribution in [0, 0.1) is 11.8 Å². The first kappa shape index (κ1) is 40.7. The van der Waals surface area contributed by atoms with Gasteiger partial charge < -0.3 is 55.1 Å². The summed E-state index contributed by atoms with van der Waals surface area (Å²) in [5.41, 5.74) is 0.553. The summed E-state index contributed by atoms with van der Waals surface area (Å²) >= 11 is 0. The number of benzene rings is 1. The monoisotopic (exact) mass is 682 g/mol. The van der Waals surface area contributed by atoms with Gasteiger partial charge in [0.2, 0.25) is 0 Å². The largest absolute Gasteiger partial charge is 0.484 e. The number of nitrogens with zero attached hydrogens (tertiary/aromatic N) is 1. The Bertz CT molecular complexity index is 1130. The van der Waals surface area contributed by atoms with Crippen LogP contribution >= 0.6 is 0 Å². The number of hydrogen-bond donors (Lipinski definition) is 5. The first-order chi connectivity index (χ1) is 23.0. The Balaban J connectivity index is 3.22. The number of rotatable bonds is 21. The van der Waals surface area contributed by atoms with Crippen molar-refractivity contribution in [3.05, 3.63) is 29.8 Å². The van der Waals surface area contributed by atoms with Crippen LogP contribution in [0.5, 0.6) is 5.75 Å². The zero-order chi connectivity index (χ0) is 35.7. The van der Waals surface area contributed by atoms with Gasteiger partial charge in [0.1, 0.15) is 18.6 Å². The lowest BCUT2D eigenvalue weighted by molar-refractivity contribution is -0.123. The number of hydrogen-bond acceptors (Lipinski definition) is 13. The molecule has 0 bridgehead atoms. The van der Waals surface area contributed by atoms with E-state index in [1.54, 1.807) is 24.3 Å². The molecule has 0 aliphatic carbocycles. The second-order valence-electron chi connectivity index (χ2n) is 10.0. The molecule has 0 saturated carbocycles. The van der Waals surface area contributed by atoms with Crippen LogP contribution in [0.2, 0.25) is 0 Å². The fourth-order valence-corrected chi connectivity index (χ4v) is 4.15. The van der Waals surface area contributed by atoms with Gasteiger partial charge in [-0.1, -0.05) is 17.3 Å². The van der Waals surface area contributed by atoms with E-state index in [1.165, 1.54) is 35.1 Å². The van der Waals surface area contributed by atoms with Crippen LogP contribution in [0.25, 0.3) is 0 Å². The standard InChI is InChI=1S/C30H46N6O12/c1-20(37)14-36-48-12-7-6-11-35-25(38)19-43-24-10-8-9-21(13-24)26(22(15-44-27(39)31-2)16-45-28(40)32-3)23(17-46-29(41)33-4)18-47-30(42)34-5/h8-10,13-14,22-23,26H,6-7,11-12,15-19H2,1-5H3,(H,31,39)(H,32,40)(H,33,41)(H,34,42)(H,35,38)/b36-14+. The number of ether oxygens (including phenoxy) is 5. The molecule has 0 spiro atoms. The van der Waals surface area contributed by atoms with Gasteiger partial charge in [-0.25, -0.2) is 19.2 Å². The van der Waals surface area contributed by atoms with Crippen LogP contribution in [-0.4, -0.2) is 117 Å². The molecule has 18 nitrogen and oxygen atoms in total. The van der Waals surface area contributed by atoms with Gasteiger partial charge in [-0.2, -0.15) is 0 Å². The van der Waals surface area contributed by atoms with Crippen molar-refractivity contribution in [3.63, 3.8) is 0 Å². The third-order valence-electron chi connectivity index (χ3n) is 6.45. The van der Waals surface area contributed by atoms with Gasteiger partial charge in [0.25, 0.3) is 5.91 Å². The minimum Gasteiger partial charge on any atom is -0.484 e. The molecule has 1 rings (SSSR count). The number of oxime groups is 1. The lowest BCUT2D eigenvalue weighted by atomic mass is 9.77. The summed E-state index contributed by atoms with van der Waals surface area (Å²) in [5, 5.41) is 15.7. The highest BCUT2D eigenvalue weighted by Crippen LogP contribution is 2.36. The minimum absolute atomic E-state index is 0.224. The highest BCUT2D eigenvalue weighted by molar-refractivity contribution is 6.26. The van der Waals surface area contributed by atoms with Crippen molar-refractivity contribution in [3.8, 4) is 5.75 Å². The topological polar surface area (TPSA) is 230 Å². The van der Waals surface area contributed by atoms with E-state index in [0.29, 0.717) is 30.7 Å². The Morgan fingerprint density at radius 1 is 0.750 bits per heavy atom. The molecular formula is C30H46N6O12. The first-order valence-electron chi connectivity index (χ1n) is 15.1. The van der Waals surface area contributed by atoms with Gasteiger partial charge in [0.15, 0.2) is 12.4 Å².